The van der Waals surface area contributed by atoms with Gasteiger partial charge in [-0.3, -0.25) is 4.79 Å². The first-order valence-electron chi connectivity index (χ1n) is 5.51. The Morgan fingerprint density at radius 2 is 2.41 bits per heavy atom. The molecule has 5 heteroatoms. The Morgan fingerprint density at radius 3 is 2.94 bits per heavy atom. The zero-order chi connectivity index (χ0) is 12.7. The van der Waals surface area contributed by atoms with Gasteiger partial charge in [0.1, 0.15) is 0 Å². The molecule has 17 heavy (non-hydrogen) atoms. The topological polar surface area (TPSA) is 32.3 Å². The summed E-state index contributed by atoms with van der Waals surface area (Å²) in [4.78, 5) is 14.7. The Hall–Kier alpha value is -0.840. The van der Waals surface area contributed by atoms with Crippen LogP contribution in [0.5, 0.6) is 0 Å². The first kappa shape index (κ1) is 14.2. The molecule has 94 valence electrons. The van der Waals surface area contributed by atoms with E-state index in [0.29, 0.717) is 19.6 Å². The van der Waals surface area contributed by atoms with Gasteiger partial charge >= 0.3 is 0 Å². The minimum atomic E-state index is 0.0799. The normalized spacial score (nSPS) is 10.2. The predicted octanol–water partition coefficient (Wildman–Crippen LogP) is 2.53. The number of likely N-dealkylation sites (N-methyl/N-ethyl adjacent to an activating group) is 1. The highest BCUT2D eigenvalue weighted by atomic mass is 35.5. The molecular weight excluding hydrogens is 256 g/mol. The summed E-state index contributed by atoms with van der Waals surface area (Å²) in [6.45, 7) is 7.95. The van der Waals surface area contributed by atoms with Gasteiger partial charge in [-0.25, -0.2) is 0 Å². The maximum Gasteiger partial charge on any atom is 0.237 e. The molecule has 1 heterocycles. The first-order chi connectivity index (χ1) is 8.17. The first-order valence-corrected chi connectivity index (χ1v) is 6.70. The summed E-state index contributed by atoms with van der Waals surface area (Å²) in [5.41, 5.74) is 0. The zero-order valence-corrected chi connectivity index (χ0v) is 11.5. The van der Waals surface area contributed by atoms with Crippen LogP contribution in [0.2, 0.25) is 4.34 Å². The molecule has 1 aromatic heterocycles. The van der Waals surface area contributed by atoms with Gasteiger partial charge in [-0.15, -0.1) is 17.9 Å². The van der Waals surface area contributed by atoms with Crippen molar-refractivity contribution in [1.29, 1.82) is 0 Å². The number of hydrogen-bond donors (Lipinski definition) is 1. The number of hydrogen-bond acceptors (Lipinski definition) is 3. The average Bonchev–Trinajstić information content (AvgIpc) is 2.71. The van der Waals surface area contributed by atoms with Crippen molar-refractivity contribution in [2.24, 2.45) is 0 Å². The van der Waals surface area contributed by atoms with E-state index >= 15 is 0 Å². The molecular formula is C12H17ClN2OS. The Morgan fingerprint density at radius 1 is 1.65 bits per heavy atom. The summed E-state index contributed by atoms with van der Waals surface area (Å²) in [5.74, 6) is 0.0799. The molecule has 0 aromatic carbocycles. The van der Waals surface area contributed by atoms with E-state index in [1.54, 1.807) is 11.0 Å². The SMILES string of the molecule is C=CCN(Cc1ccc(Cl)s1)C(=O)CNCC. The number of carbonyl (C=O) groups is 1. The van der Waals surface area contributed by atoms with Crippen molar-refractivity contribution in [2.45, 2.75) is 13.5 Å². The fraction of sp³-hybridized carbons (Fsp3) is 0.417. The molecule has 0 radical (unpaired) electrons. The molecule has 0 bridgehead atoms. The second kappa shape index (κ2) is 7.48. The summed E-state index contributed by atoms with van der Waals surface area (Å²) < 4.78 is 0.748. The van der Waals surface area contributed by atoms with Crippen molar-refractivity contribution in [3.05, 3.63) is 34.0 Å². The van der Waals surface area contributed by atoms with E-state index < -0.39 is 0 Å². The monoisotopic (exact) mass is 272 g/mol. The van der Waals surface area contributed by atoms with Gasteiger partial charge in [0.2, 0.25) is 5.91 Å². The van der Waals surface area contributed by atoms with E-state index in [4.69, 9.17) is 11.6 Å². The maximum absolute atomic E-state index is 11.9. The molecule has 1 rings (SSSR count). The molecule has 0 aliphatic carbocycles. The lowest BCUT2D eigenvalue weighted by atomic mass is 10.3. The van der Waals surface area contributed by atoms with Gasteiger partial charge in [-0.05, 0) is 18.7 Å². The van der Waals surface area contributed by atoms with E-state index in [1.165, 1.54) is 11.3 Å². The van der Waals surface area contributed by atoms with E-state index in [1.807, 2.05) is 19.1 Å². The molecule has 3 nitrogen and oxygen atoms in total. The van der Waals surface area contributed by atoms with Crippen molar-refractivity contribution in [2.75, 3.05) is 19.6 Å². The lowest BCUT2D eigenvalue weighted by Crippen LogP contribution is -2.37. The van der Waals surface area contributed by atoms with Crippen LogP contribution in [0.4, 0.5) is 0 Å². The Labute approximate surface area is 111 Å². The smallest absolute Gasteiger partial charge is 0.237 e. The van der Waals surface area contributed by atoms with Crippen LogP contribution in [-0.2, 0) is 11.3 Å². The van der Waals surface area contributed by atoms with Crippen LogP contribution >= 0.6 is 22.9 Å². The highest BCUT2D eigenvalue weighted by Gasteiger charge is 2.12. The van der Waals surface area contributed by atoms with Gasteiger partial charge in [0.25, 0.3) is 0 Å². The van der Waals surface area contributed by atoms with Crippen molar-refractivity contribution in [3.8, 4) is 0 Å². The summed E-state index contributed by atoms with van der Waals surface area (Å²) in [6.07, 6.45) is 1.74. The van der Waals surface area contributed by atoms with Crippen LogP contribution in [0.25, 0.3) is 0 Å². The van der Waals surface area contributed by atoms with Crippen LogP contribution in [-0.4, -0.2) is 30.4 Å². The molecule has 1 aromatic rings. The molecule has 1 N–H and O–H groups in total. The predicted molar refractivity (Wildman–Crippen MR) is 73.5 cm³/mol. The fourth-order valence-electron chi connectivity index (χ4n) is 1.38. The molecule has 0 atom stereocenters. The third-order valence-electron chi connectivity index (χ3n) is 2.20. The Bertz CT molecular complexity index is 378. The molecule has 0 saturated carbocycles. The summed E-state index contributed by atoms with van der Waals surface area (Å²) in [6, 6.07) is 3.80. The number of nitrogens with zero attached hydrogens (tertiary/aromatic N) is 1. The lowest BCUT2D eigenvalue weighted by molar-refractivity contribution is -0.130. The molecule has 1 amide bonds. The number of nitrogens with one attached hydrogen (secondary N) is 1. The minimum absolute atomic E-state index is 0.0799. The molecule has 0 fully saturated rings. The van der Waals surface area contributed by atoms with Crippen molar-refractivity contribution in [1.82, 2.24) is 10.2 Å². The second-order valence-corrected chi connectivity index (χ2v) is 5.35. The molecule has 0 aliphatic heterocycles. The quantitative estimate of drug-likeness (QED) is 0.774. The number of amides is 1. The maximum atomic E-state index is 11.9. The fourth-order valence-corrected chi connectivity index (χ4v) is 2.48. The van der Waals surface area contributed by atoms with Crippen LogP contribution in [0.15, 0.2) is 24.8 Å². The Balaban J connectivity index is 2.58. The van der Waals surface area contributed by atoms with Gasteiger partial charge in [-0.1, -0.05) is 24.6 Å². The minimum Gasteiger partial charge on any atom is -0.333 e. The van der Waals surface area contributed by atoms with Gasteiger partial charge in [0.15, 0.2) is 0 Å². The van der Waals surface area contributed by atoms with Crippen LogP contribution in [0.1, 0.15) is 11.8 Å². The number of rotatable bonds is 7. The molecule has 0 aliphatic rings. The number of carbonyl (C=O) groups excluding carboxylic acids is 1. The number of thiophene rings is 1. The van der Waals surface area contributed by atoms with Gasteiger partial charge in [0.05, 0.1) is 17.4 Å². The van der Waals surface area contributed by atoms with Gasteiger partial charge in [0, 0.05) is 11.4 Å². The second-order valence-electron chi connectivity index (χ2n) is 3.55. The van der Waals surface area contributed by atoms with Crippen molar-refractivity contribution >= 4 is 28.8 Å². The zero-order valence-electron chi connectivity index (χ0n) is 9.91. The summed E-state index contributed by atoms with van der Waals surface area (Å²) in [5, 5.41) is 3.03. The van der Waals surface area contributed by atoms with Crippen molar-refractivity contribution < 1.29 is 4.79 Å². The van der Waals surface area contributed by atoms with Crippen LogP contribution in [0, 0.1) is 0 Å². The van der Waals surface area contributed by atoms with Crippen LogP contribution < -0.4 is 5.32 Å². The third-order valence-corrected chi connectivity index (χ3v) is 3.42. The number of halogens is 1. The summed E-state index contributed by atoms with van der Waals surface area (Å²) >= 11 is 7.37. The average molecular weight is 273 g/mol. The lowest BCUT2D eigenvalue weighted by Gasteiger charge is -2.20. The largest absolute Gasteiger partial charge is 0.333 e. The summed E-state index contributed by atoms with van der Waals surface area (Å²) in [7, 11) is 0. The van der Waals surface area contributed by atoms with Gasteiger partial charge < -0.3 is 10.2 Å². The van der Waals surface area contributed by atoms with Crippen LogP contribution in [0.3, 0.4) is 0 Å². The standard InChI is InChI=1S/C12H17ClN2OS/c1-3-7-15(12(16)8-14-4-2)9-10-5-6-11(13)17-10/h3,5-6,14H,1,4,7-9H2,2H3. The molecule has 0 saturated heterocycles. The molecule has 0 unspecified atom stereocenters. The van der Waals surface area contributed by atoms with E-state index in [-0.39, 0.29) is 5.91 Å². The molecule has 0 spiro atoms. The van der Waals surface area contributed by atoms with E-state index in [9.17, 15) is 4.79 Å². The van der Waals surface area contributed by atoms with Gasteiger partial charge in [-0.2, -0.15) is 0 Å². The van der Waals surface area contributed by atoms with E-state index in [0.717, 1.165) is 15.8 Å². The highest BCUT2D eigenvalue weighted by molar-refractivity contribution is 7.16. The third kappa shape index (κ3) is 4.89. The van der Waals surface area contributed by atoms with Crippen molar-refractivity contribution in [3.63, 3.8) is 0 Å². The van der Waals surface area contributed by atoms with E-state index in [2.05, 4.69) is 11.9 Å². The highest BCUT2D eigenvalue weighted by Crippen LogP contribution is 2.22. The Kier molecular flexibility index (Phi) is 6.26.